The number of benzene rings is 1. The van der Waals surface area contributed by atoms with Crippen molar-refractivity contribution >= 4 is 5.97 Å². The largest absolute Gasteiger partial charge is 0.487 e. The average molecular weight is 305 g/mol. The molecule has 3 heteroatoms. The standard InChI is InChI=1S/C7H5O2.W/c8-7(9)6-4-2-1-3-5-6;/h1-2,4-5H,(H,8,9);/q-1;. The number of carboxylic acid groups (broad SMARTS) is 1. The summed E-state index contributed by atoms with van der Waals surface area (Å²) >= 11 is 0. The molecule has 1 aromatic rings. The minimum atomic E-state index is -0.910. The molecule has 52 valence electrons. The van der Waals surface area contributed by atoms with E-state index in [0.29, 0.717) is 0 Å². The number of carbonyl (C=O) groups is 1. The molecule has 0 saturated heterocycles. The van der Waals surface area contributed by atoms with Crippen LogP contribution < -0.4 is 0 Å². The molecular formula is C7H5O2W-. The van der Waals surface area contributed by atoms with E-state index in [9.17, 15) is 4.79 Å². The molecule has 0 atom stereocenters. The van der Waals surface area contributed by atoms with Gasteiger partial charge in [0.1, 0.15) is 0 Å². The topological polar surface area (TPSA) is 37.3 Å². The average Bonchev–Trinajstić information content (AvgIpc) is 1.90. The number of hydrogen-bond donors (Lipinski definition) is 1. The fraction of sp³-hybridized carbons (Fsp3) is 0. The summed E-state index contributed by atoms with van der Waals surface area (Å²) in [4.78, 5) is 10.2. The molecule has 0 amide bonds. The Balaban J connectivity index is 0.000000810. The van der Waals surface area contributed by atoms with Crippen molar-refractivity contribution in [3.8, 4) is 0 Å². The van der Waals surface area contributed by atoms with Crippen molar-refractivity contribution in [3.63, 3.8) is 0 Å². The number of hydrogen-bond acceptors (Lipinski definition) is 1. The van der Waals surface area contributed by atoms with E-state index in [2.05, 4.69) is 6.07 Å². The summed E-state index contributed by atoms with van der Waals surface area (Å²) in [6.07, 6.45) is 0. The first-order valence-corrected chi connectivity index (χ1v) is 2.50. The van der Waals surface area contributed by atoms with Crippen molar-refractivity contribution in [2.24, 2.45) is 0 Å². The summed E-state index contributed by atoms with van der Waals surface area (Å²) in [6, 6.07) is 8.92. The number of aromatic carboxylic acids is 1. The van der Waals surface area contributed by atoms with E-state index in [1.54, 1.807) is 12.1 Å². The zero-order chi connectivity index (χ0) is 6.69. The van der Waals surface area contributed by atoms with Crippen molar-refractivity contribution in [2.75, 3.05) is 0 Å². The first-order valence-electron chi connectivity index (χ1n) is 2.50. The molecule has 1 aromatic carbocycles. The van der Waals surface area contributed by atoms with E-state index in [1.807, 2.05) is 0 Å². The summed E-state index contributed by atoms with van der Waals surface area (Å²) in [5.41, 5.74) is 0.275. The van der Waals surface area contributed by atoms with Crippen LogP contribution in [0, 0.1) is 6.07 Å². The Morgan fingerprint density at radius 3 is 2.60 bits per heavy atom. The van der Waals surface area contributed by atoms with Crippen molar-refractivity contribution < 1.29 is 31.0 Å². The first kappa shape index (κ1) is 9.38. The van der Waals surface area contributed by atoms with Crippen LogP contribution in [-0.2, 0) is 21.1 Å². The first-order chi connectivity index (χ1) is 4.30. The summed E-state index contributed by atoms with van der Waals surface area (Å²) in [5.74, 6) is -0.910. The maximum Gasteiger partial charge on any atom is 0.278 e. The summed E-state index contributed by atoms with van der Waals surface area (Å²) in [7, 11) is 0. The van der Waals surface area contributed by atoms with Gasteiger partial charge in [0.15, 0.2) is 0 Å². The van der Waals surface area contributed by atoms with Gasteiger partial charge < -0.3 is 5.11 Å². The van der Waals surface area contributed by atoms with E-state index in [0.717, 1.165) is 0 Å². The molecule has 1 N–H and O–H groups in total. The van der Waals surface area contributed by atoms with Crippen LogP contribution >= 0.6 is 0 Å². The molecular weight excluding hydrogens is 300 g/mol. The summed E-state index contributed by atoms with van der Waals surface area (Å²) < 4.78 is 0. The maximum atomic E-state index is 10.2. The number of rotatable bonds is 1. The van der Waals surface area contributed by atoms with Crippen molar-refractivity contribution in [1.29, 1.82) is 0 Å². The minimum absolute atomic E-state index is 0. The van der Waals surface area contributed by atoms with Gasteiger partial charge in [-0.1, -0.05) is 5.56 Å². The molecule has 0 aliphatic carbocycles. The Morgan fingerprint density at radius 1 is 1.60 bits per heavy atom. The number of carboxylic acids is 1. The van der Waals surface area contributed by atoms with Gasteiger partial charge in [0.05, 0.1) is 0 Å². The molecule has 2 nitrogen and oxygen atoms in total. The monoisotopic (exact) mass is 305 g/mol. The molecule has 0 fully saturated rings. The SMILES string of the molecule is O=C(O)c1c[c-]ccc1.[W]. The molecule has 1 rings (SSSR count). The molecule has 0 radical (unpaired) electrons. The Morgan fingerprint density at radius 2 is 2.30 bits per heavy atom. The molecule has 0 aromatic heterocycles. The molecule has 0 bridgehead atoms. The maximum absolute atomic E-state index is 10.2. The second-order valence-corrected chi connectivity index (χ2v) is 1.60. The van der Waals surface area contributed by atoms with Gasteiger partial charge in [-0.15, -0.1) is 0 Å². The van der Waals surface area contributed by atoms with Crippen LogP contribution in [0.2, 0.25) is 0 Å². The Bertz CT molecular complexity index is 208. The van der Waals surface area contributed by atoms with Crippen LogP contribution in [0.5, 0.6) is 0 Å². The van der Waals surface area contributed by atoms with Gasteiger partial charge in [0.2, 0.25) is 0 Å². The van der Waals surface area contributed by atoms with Gasteiger partial charge >= 0.3 is 0 Å². The molecule has 0 spiro atoms. The Labute approximate surface area is 73.1 Å². The smallest absolute Gasteiger partial charge is 0.278 e. The third-order valence-electron chi connectivity index (χ3n) is 0.954. The zero-order valence-corrected chi connectivity index (χ0v) is 8.01. The van der Waals surface area contributed by atoms with E-state index >= 15 is 0 Å². The third kappa shape index (κ3) is 2.32. The molecule has 0 aliphatic heterocycles. The Kier molecular flexibility index (Phi) is 3.97. The molecule has 0 aliphatic rings. The minimum Gasteiger partial charge on any atom is -0.487 e. The van der Waals surface area contributed by atoms with Gasteiger partial charge in [0.25, 0.3) is 5.97 Å². The van der Waals surface area contributed by atoms with Gasteiger partial charge in [0, 0.05) is 21.1 Å². The van der Waals surface area contributed by atoms with E-state index in [1.165, 1.54) is 12.1 Å². The zero-order valence-electron chi connectivity index (χ0n) is 5.07. The summed E-state index contributed by atoms with van der Waals surface area (Å²) in [6.45, 7) is 0. The molecule has 0 saturated carbocycles. The molecule has 0 unspecified atom stereocenters. The van der Waals surface area contributed by atoms with Crippen LogP contribution in [0.1, 0.15) is 10.4 Å². The van der Waals surface area contributed by atoms with Gasteiger partial charge in [-0.3, -0.25) is 4.79 Å². The molecule has 0 heterocycles. The van der Waals surface area contributed by atoms with Crippen LogP contribution in [-0.4, -0.2) is 11.1 Å². The van der Waals surface area contributed by atoms with E-state index < -0.39 is 5.97 Å². The van der Waals surface area contributed by atoms with Crippen LogP contribution in [0.25, 0.3) is 0 Å². The van der Waals surface area contributed by atoms with Crippen molar-refractivity contribution in [1.82, 2.24) is 0 Å². The Hall–Kier alpha value is -0.622. The second-order valence-electron chi connectivity index (χ2n) is 1.60. The van der Waals surface area contributed by atoms with Gasteiger partial charge in [-0.2, -0.15) is 30.3 Å². The van der Waals surface area contributed by atoms with Crippen molar-refractivity contribution in [2.45, 2.75) is 0 Å². The third-order valence-corrected chi connectivity index (χ3v) is 0.954. The van der Waals surface area contributed by atoms with Gasteiger partial charge in [-0.25, -0.2) is 0 Å². The fourth-order valence-corrected chi connectivity index (χ4v) is 0.526. The van der Waals surface area contributed by atoms with Crippen LogP contribution in [0.15, 0.2) is 24.3 Å². The normalized spacial score (nSPS) is 8.00. The predicted octanol–water partition coefficient (Wildman–Crippen LogP) is 1.18. The van der Waals surface area contributed by atoms with E-state index in [-0.39, 0.29) is 26.6 Å². The molecule has 10 heavy (non-hydrogen) atoms. The van der Waals surface area contributed by atoms with E-state index in [4.69, 9.17) is 5.11 Å². The summed E-state index contributed by atoms with van der Waals surface area (Å²) in [5, 5.41) is 8.36. The predicted molar refractivity (Wildman–Crippen MR) is 32.2 cm³/mol. The quantitative estimate of drug-likeness (QED) is 0.791. The van der Waals surface area contributed by atoms with Crippen LogP contribution in [0.3, 0.4) is 0 Å². The van der Waals surface area contributed by atoms with Crippen LogP contribution in [0.4, 0.5) is 0 Å². The fourth-order valence-electron chi connectivity index (χ4n) is 0.526. The van der Waals surface area contributed by atoms with Gasteiger partial charge in [-0.05, 0) is 0 Å². The van der Waals surface area contributed by atoms with Crippen molar-refractivity contribution in [3.05, 3.63) is 35.9 Å². The second kappa shape index (κ2) is 4.23.